The molecule has 1 heterocycles. The van der Waals surface area contributed by atoms with E-state index >= 15 is 0 Å². The summed E-state index contributed by atoms with van der Waals surface area (Å²) in [4.78, 5) is 5.76. The van der Waals surface area contributed by atoms with Crippen molar-refractivity contribution < 1.29 is 4.74 Å². The first-order valence-electron chi connectivity index (χ1n) is 5.93. The third kappa shape index (κ3) is 2.77. The molecule has 18 heavy (non-hydrogen) atoms. The minimum atomic E-state index is 0.0402. The third-order valence-electron chi connectivity index (χ3n) is 2.73. The monoisotopic (exact) mass is 262 g/mol. The highest BCUT2D eigenvalue weighted by Gasteiger charge is 2.12. The van der Waals surface area contributed by atoms with Crippen LogP contribution in [-0.4, -0.2) is 12.1 Å². The summed E-state index contributed by atoms with van der Waals surface area (Å²) in [7, 11) is 1.70. The van der Waals surface area contributed by atoms with Crippen molar-refractivity contribution in [2.24, 2.45) is 5.73 Å². The molecule has 1 aromatic heterocycles. The molecule has 0 amide bonds. The molecule has 0 radical (unpaired) electrons. The lowest BCUT2D eigenvalue weighted by Crippen LogP contribution is -2.03. The summed E-state index contributed by atoms with van der Waals surface area (Å²) in [6.45, 7) is 4.63. The highest BCUT2D eigenvalue weighted by atomic mass is 32.1. The second kappa shape index (κ2) is 5.61. The first-order valence-corrected chi connectivity index (χ1v) is 6.74. The Labute approximate surface area is 112 Å². The van der Waals surface area contributed by atoms with Crippen LogP contribution < -0.4 is 5.73 Å². The standard InChI is InChI=1S/C14H18N2OS/c1-9(15)13-10(2)16-14(18-13)12-6-4-5-11(7-12)8-17-3/h4-7,9H,8,15H2,1-3H3. The van der Waals surface area contributed by atoms with Crippen molar-refractivity contribution in [3.05, 3.63) is 40.4 Å². The second-order valence-electron chi connectivity index (χ2n) is 4.39. The van der Waals surface area contributed by atoms with Crippen molar-refractivity contribution in [2.75, 3.05) is 7.11 Å². The first-order chi connectivity index (χ1) is 8.61. The molecule has 0 aliphatic carbocycles. The van der Waals surface area contributed by atoms with Gasteiger partial charge in [-0.3, -0.25) is 0 Å². The average Bonchev–Trinajstić information content (AvgIpc) is 2.72. The summed E-state index contributed by atoms with van der Waals surface area (Å²) < 4.78 is 5.15. The molecule has 0 bridgehead atoms. The van der Waals surface area contributed by atoms with E-state index in [2.05, 4.69) is 23.2 Å². The number of hydrogen-bond donors (Lipinski definition) is 1. The van der Waals surface area contributed by atoms with E-state index in [0.717, 1.165) is 26.7 Å². The van der Waals surface area contributed by atoms with Crippen molar-refractivity contribution in [3.63, 3.8) is 0 Å². The molecule has 1 aromatic carbocycles. The average molecular weight is 262 g/mol. The number of aryl methyl sites for hydroxylation is 1. The van der Waals surface area contributed by atoms with E-state index in [1.54, 1.807) is 18.4 Å². The number of methoxy groups -OCH3 is 1. The maximum Gasteiger partial charge on any atom is 0.123 e. The molecule has 3 nitrogen and oxygen atoms in total. The summed E-state index contributed by atoms with van der Waals surface area (Å²) in [5.41, 5.74) is 9.25. The molecule has 1 atom stereocenters. The Hall–Kier alpha value is -1.23. The molecule has 0 spiro atoms. The Morgan fingerprint density at radius 1 is 1.44 bits per heavy atom. The van der Waals surface area contributed by atoms with Crippen LogP contribution >= 0.6 is 11.3 Å². The summed E-state index contributed by atoms with van der Waals surface area (Å²) in [6, 6.07) is 8.32. The van der Waals surface area contributed by atoms with E-state index in [1.807, 2.05) is 19.9 Å². The smallest absolute Gasteiger partial charge is 0.123 e. The Bertz CT molecular complexity index is 534. The number of nitrogens with two attached hydrogens (primary N) is 1. The van der Waals surface area contributed by atoms with Crippen molar-refractivity contribution in [3.8, 4) is 10.6 Å². The predicted octanol–water partition coefficient (Wildman–Crippen LogP) is 3.28. The highest BCUT2D eigenvalue weighted by molar-refractivity contribution is 7.15. The van der Waals surface area contributed by atoms with Crippen LogP contribution in [0, 0.1) is 6.92 Å². The lowest BCUT2D eigenvalue weighted by molar-refractivity contribution is 0.185. The molecule has 0 fully saturated rings. The van der Waals surface area contributed by atoms with Crippen LogP contribution in [0.1, 0.15) is 29.1 Å². The zero-order valence-corrected chi connectivity index (χ0v) is 11.8. The van der Waals surface area contributed by atoms with Gasteiger partial charge < -0.3 is 10.5 Å². The molecule has 2 rings (SSSR count). The van der Waals surface area contributed by atoms with Crippen molar-refractivity contribution >= 4 is 11.3 Å². The van der Waals surface area contributed by atoms with E-state index in [-0.39, 0.29) is 6.04 Å². The van der Waals surface area contributed by atoms with Crippen LogP contribution in [0.25, 0.3) is 10.6 Å². The van der Waals surface area contributed by atoms with Crippen LogP contribution in [0.2, 0.25) is 0 Å². The van der Waals surface area contributed by atoms with Gasteiger partial charge in [0.05, 0.1) is 12.3 Å². The lowest BCUT2D eigenvalue weighted by atomic mass is 10.1. The minimum Gasteiger partial charge on any atom is -0.380 e. The molecule has 0 saturated carbocycles. The molecular formula is C14H18N2OS. The fourth-order valence-corrected chi connectivity index (χ4v) is 2.93. The van der Waals surface area contributed by atoms with Gasteiger partial charge in [-0.05, 0) is 25.5 Å². The minimum absolute atomic E-state index is 0.0402. The Kier molecular flexibility index (Phi) is 4.11. The van der Waals surface area contributed by atoms with Crippen molar-refractivity contribution in [1.82, 2.24) is 4.98 Å². The van der Waals surface area contributed by atoms with Gasteiger partial charge in [0.1, 0.15) is 5.01 Å². The summed E-state index contributed by atoms with van der Waals surface area (Å²) in [6.07, 6.45) is 0. The topological polar surface area (TPSA) is 48.1 Å². The maximum atomic E-state index is 5.93. The molecular weight excluding hydrogens is 244 g/mol. The van der Waals surface area contributed by atoms with Gasteiger partial charge in [-0.2, -0.15) is 0 Å². The summed E-state index contributed by atoms with van der Waals surface area (Å²) in [5.74, 6) is 0. The van der Waals surface area contributed by atoms with Crippen LogP contribution in [0.4, 0.5) is 0 Å². The fraction of sp³-hybridized carbons (Fsp3) is 0.357. The van der Waals surface area contributed by atoms with Crippen LogP contribution in [0.3, 0.4) is 0 Å². The van der Waals surface area contributed by atoms with Gasteiger partial charge in [0.15, 0.2) is 0 Å². The zero-order chi connectivity index (χ0) is 13.1. The van der Waals surface area contributed by atoms with Gasteiger partial charge in [0, 0.05) is 23.6 Å². The number of ether oxygens (including phenoxy) is 1. The van der Waals surface area contributed by atoms with E-state index in [9.17, 15) is 0 Å². The molecule has 2 aromatic rings. The molecule has 4 heteroatoms. The predicted molar refractivity (Wildman–Crippen MR) is 75.6 cm³/mol. The normalized spacial score (nSPS) is 12.7. The maximum absolute atomic E-state index is 5.93. The van der Waals surface area contributed by atoms with Gasteiger partial charge in [-0.25, -0.2) is 4.98 Å². The van der Waals surface area contributed by atoms with Crippen molar-refractivity contribution in [2.45, 2.75) is 26.5 Å². The Morgan fingerprint density at radius 2 is 2.22 bits per heavy atom. The Morgan fingerprint density at radius 3 is 2.83 bits per heavy atom. The van der Waals surface area contributed by atoms with E-state index in [0.29, 0.717) is 6.61 Å². The zero-order valence-electron chi connectivity index (χ0n) is 10.9. The van der Waals surface area contributed by atoms with Crippen LogP contribution in [-0.2, 0) is 11.3 Å². The molecule has 96 valence electrons. The number of rotatable bonds is 4. The van der Waals surface area contributed by atoms with E-state index in [4.69, 9.17) is 10.5 Å². The second-order valence-corrected chi connectivity index (χ2v) is 5.42. The summed E-state index contributed by atoms with van der Waals surface area (Å²) >= 11 is 1.67. The largest absolute Gasteiger partial charge is 0.380 e. The number of thiazole rings is 1. The van der Waals surface area contributed by atoms with Gasteiger partial charge in [0.25, 0.3) is 0 Å². The van der Waals surface area contributed by atoms with Gasteiger partial charge in [0.2, 0.25) is 0 Å². The Balaban J connectivity index is 2.36. The lowest BCUT2D eigenvalue weighted by Gasteiger charge is -2.02. The van der Waals surface area contributed by atoms with E-state index in [1.165, 1.54) is 0 Å². The van der Waals surface area contributed by atoms with Gasteiger partial charge in [-0.15, -0.1) is 11.3 Å². The van der Waals surface area contributed by atoms with Gasteiger partial charge >= 0.3 is 0 Å². The number of hydrogen-bond acceptors (Lipinski definition) is 4. The van der Waals surface area contributed by atoms with Gasteiger partial charge in [-0.1, -0.05) is 18.2 Å². The third-order valence-corrected chi connectivity index (χ3v) is 4.14. The molecule has 0 aliphatic rings. The van der Waals surface area contributed by atoms with Crippen LogP contribution in [0.15, 0.2) is 24.3 Å². The molecule has 1 unspecified atom stereocenters. The van der Waals surface area contributed by atoms with Crippen LogP contribution in [0.5, 0.6) is 0 Å². The van der Waals surface area contributed by atoms with Crippen molar-refractivity contribution in [1.29, 1.82) is 0 Å². The quantitative estimate of drug-likeness (QED) is 0.919. The SMILES string of the molecule is COCc1cccc(-c2nc(C)c(C(C)N)s2)c1. The molecule has 0 saturated heterocycles. The summed E-state index contributed by atoms with van der Waals surface area (Å²) in [5, 5.41) is 1.03. The number of aromatic nitrogens is 1. The number of nitrogens with zero attached hydrogens (tertiary/aromatic N) is 1. The molecule has 2 N–H and O–H groups in total. The molecule has 0 aliphatic heterocycles. The highest BCUT2D eigenvalue weighted by Crippen LogP contribution is 2.31. The first kappa shape index (κ1) is 13.2. The fourth-order valence-electron chi connectivity index (χ4n) is 1.91. The van der Waals surface area contributed by atoms with E-state index < -0.39 is 0 Å². The number of benzene rings is 1.